The average molecular weight is 911 g/mol. The highest BCUT2D eigenvalue weighted by Gasteiger charge is 2.39. The number of rotatable bonds is 25. The number of carbonyl (C=O) groups is 1. The molecule has 14 heteroatoms. The fourth-order valence-electron chi connectivity index (χ4n) is 7.50. The number of nitriles is 1. The van der Waals surface area contributed by atoms with E-state index in [2.05, 4.69) is 53.7 Å². The molecule has 66 heavy (non-hydrogen) atoms. The standard InChI is InChI=1S/C52H59N6O7P/c1-38(2)58(39(3)4)66(64-33-15-29-53)65-37-43(36-63-52(40-16-8-7-9-17-40,41-21-25-44(60-5)26-22-41)42-23-27-45(61-6)28-24-42)56-51(59)20-14-32-62-46-34-49(47-18-10-12-30-54-47)57-50(35-46)48-19-11-13-31-55-48/h7-13,16-19,21-28,30-31,34-35,38-39,43H,14-15,20,32-33,36-37H2,1-6H3,(H,56,59). The predicted molar refractivity (Wildman–Crippen MR) is 257 cm³/mol. The van der Waals surface area contributed by atoms with Crippen molar-refractivity contribution in [1.29, 1.82) is 5.26 Å². The summed E-state index contributed by atoms with van der Waals surface area (Å²) in [5.74, 6) is 1.79. The Morgan fingerprint density at radius 1 is 0.682 bits per heavy atom. The third kappa shape index (κ3) is 13.2. The summed E-state index contributed by atoms with van der Waals surface area (Å²) in [5, 5.41) is 12.6. The Kier molecular flexibility index (Phi) is 18.5. The van der Waals surface area contributed by atoms with Crippen molar-refractivity contribution in [3.8, 4) is 46.1 Å². The Balaban J connectivity index is 1.27. The molecule has 6 aromatic rings. The van der Waals surface area contributed by atoms with E-state index in [1.165, 1.54) is 0 Å². The van der Waals surface area contributed by atoms with Gasteiger partial charge in [-0.1, -0.05) is 66.7 Å². The maximum atomic E-state index is 14.0. The van der Waals surface area contributed by atoms with Crippen LogP contribution in [0.15, 0.2) is 140 Å². The van der Waals surface area contributed by atoms with E-state index in [-0.39, 0.29) is 57.3 Å². The van der Waals surface area contributed by atoms with E-state index in [0.717, 1.165) is 16.7 Å². The van der Waals surface area contributed by atoms with Gasteiger partial charge in [0.25, 0.3) is 8.53 Å². The third-order valence-corrected chi connectivity index (χ3v) is 12.6. The Morgan fingerprint density at radius 3 is 1.73 bits per heavy atom. The summed E-state index contributed by atoms with van der Waals surface area (Å²) in [4.78, 5) is 27.8. The third-order valence-electron chi connectivity index (χ3n) is 10.6. The second-order valence-corrected chi connectivity index (χ2v) is 17.3. The van der Waals surface area contributed by atoms with Crippen LogP contribution in [0, 0.1) is 11.3 Å². The van der Waals surface area contributed by atoms with Gasteiger partial charge in [0.1, 0.15) is 22.8 Å². The van der Waals surface area contributed by atoms with Gasteiger partial charge in [-0.15, -0.1) is 0 Å². The number of aromatic nitrogens is 3. The first-order chi connectivity index (χ1) is 32.1. The van der Waals surface area contributed by atoms with Crippen LogP contribution in [-0.4, -0.2) is 84.3 Å². The Labute approximate surface area is 390 Å². The van der Waals surface area contributed by atoms with E-state index in [1.54, 1.807) is 26.6 Å². The molecule has 0 saturated heterocycles. The van der Waals surface area contributed by atoms with Gasteiger partial charge in [-0.25, -0.2) is 9.65 Å². The summed E-state index contributed by atoms with van der Waals surface area (Å²) in [6.45, 7) is 8.92. The summed E-state index contributed by atoms with van der Waals surface area (Å²) in [7, 11) is 1.65. The molecular formula is C52H59N6O7P. The number of nitrogens with one attached hydrogen (secondary N) is 1. The molecule has 2 unspecified atom stereocenters. The molecular weight excluding hydrogens is 852 g/mol. The van der Waals surface area contributed by atoms with Crippen molar-refractivity contribution in [3.05, 3.63) is 156 Å². The van der Waals surface area contributed by atoms with Crippen LogP contribution >= 0.6 is 8.53 Å². The fraction of sp³-hybridized carbons (Fsp3) is 0.327. The largest absolute Gasteiger partial charge is 0.497 e. The van der Waals surface area contributed by atoms with Crippen molar-refractivity contribution in [2.24, 2.45) is 0 Å². The number of pyridine rings is 3. The molecule has 0 aliphatic carbocycles. The normalized spacial score (nSPS) is 12.4. The lowest BCUT2D eigenvalue weighted by molar-refractivity contribution is -0.123. The van der Waals surface area contributed by atoms with Gasteiger partial charge < -0.3 is 33.3 Å². The Hall–Kier alpha value is -6.26. The maximum absolute atomic E-state index is 14.0. The average Bonchev–Trinajstić information content (AvgIpc) is 3.35. The number of carbonyl (C=O) groups excluding carboxylic acids is 1. The van der Waals surface area contributed by atoms with E-state index in [1.807, 2.05) is 127 Å². The number of hydrogen-bond acceptors (Lipinski definition) is 12. The van der Waals surface area contributed by atoms with Gasteiger partial charge in [0.05, 0.1) is 82.0 Å². The molecule has 2 atom stereocenters. The molecule has 6 rings (SSSR count). The molecule has 344 valence electrons. The summed E-state index contributed by atoms with van der Waals surface area (Å²) >= 11 is 0. The van der Waals surface area contributed by atoms with Gasteiger partial charge in [-0.2, -0.15) is 5.26 Å². The molecule has 1 amide bonds. The van der Waals surface area contributed by atoms with E-state index < -0.39 is 20.2 Å². The highest BCUT2D eigenvalue weighted by atomic mass is 31.2. The van der Waals surface area contributed by atoms with Gasteiger partial charge in [0, 0.05) is 43.0 Å². The molecule has 0 bridgehead atoms. The monoisotopic (exact) mass is 910 g/mol. The summed E-state index contributed by atoms with van der Waals surface area (Å²) in [6, 6.07) is 42.3. The Morgan fingerprint density at radius 2 is 1.23 bits per heavy atom. The topological polar surface area (TPSA) is 150 Å². The lowest BCUT2D eigenvalue weighted by atomic mass is 9.80. The van der Waals surface area contributed by atoms with E-state index >= 15 is 0 Å². The van der Waals surface area contributed by atoms with Gasteiger partial charge in [-0.3, -0.25) is 14.8 Å². The van der Waals surface area contributed by atoms with Crippen molar-refractivity contribution in [2.75, 3.05) is 40.6 Å². The molecule has 3 heterocycles. The number of ether oxygens (including phenoxy) is 4. The summed E-state index contributed by atoms with van der Waals surface area (Å²) in [5.41, 5.74) is 4.15. The second-order valence-electron chi connectivity index (χ2n) is 15.9. The first kappa shape index (κ1) is 49.2. The molecule has 0 spiro atoms. The number of amides is 1. The summed E-state index contributed by atoms with van der Waals surface area (Å²) in [6.07, 6.45) is 4.25. The van der Waals surface area contributed by atoms with Crippen LogP contribution in [0.25, 0.3) is 22.8 Å². The predicted octanol–water partition coefficient (Wildman–Crippen LogP) is 10.2. The van der Waals surface area contributed by atoms with Crippen molar-refractivity contribution in [1.82, 2.24) is 24.9 Å². The number of nitrogens with zero attached hydrogens (tertiary/aromatic N) is 5. The molecule has 0 radical (unpaired) electrons. The van der Waals surface area contributed by atoms with Crippen LogP contribution < -0.4 is 19.5 Å². The molecule has 0 aliphatic rings. The van der Waals surface area contributed by atoms with Crippen molar-refractivity contribution >= 4 is 14.4 Å². The van der Waals surface area contributed by atoms with Gasteiger partial charge in [0.15, 0.2) is 0 Å². The zero-order chi connectivity index (χ0) is 46.7. The highest BCUT2D eigenvalue weighted by Crippen LogP contribution is 2.47. The minimum Gasteiger partial charge on any atom is -0.497 e. The van der Waals surface area contributed by atoms with Gasteiger partial charge in [0.2, 0.25) is 5.91 Å². The van der Waals surface area contributed by atoms with E-state index in [0.29, 0.717) is 46.4 Å². The second kappa shape index (κ2) is 24.9. The SMILES string of the molecule is COc1ccc(C(OCC(COP(OCCC#N)N(C(C)C)C(C)C)NC(=O)CCCOc2cc(-c3ccccn3)nc(-c3ccccn3)c2)(c2ccccc2)c2ccc(OC)cc2)cc1. The molecule has 13 nitrogen and oxygen atoms in total. The number of methoxy groups -OCH3 is 2. The highest BCUT2D eigenvalue weighted by molar-refractivity contribution is 7.44. The number of hydrogen-bond donors (Lipinski definition) is 1. The lowest BCUT2D eigenvalue weighted by Crippen LogP contribution is -2.45. The minimum absolute atomic E-state index is 0.0452. The fourth-order valence-corrected chi connectivity index (χ4v) is 9.15. The van der Waals surface area contributed by atoms with Crippen LogP contribution in [0.4, 0.5) is 0 Å². The van der Waals surface area contributed by atoms with Crippen LogP contribution in [-0.2, 0) is 24.2 Å². The summed E-state index contributed by atoms with van der Waals surface area (Å²) < 4.78 is 39.7. The van der Waals surface area contributed by atoms with Crippen LogP contribution in [0.2, 0.25) is 0 Å². The first-order valence-electron chi connectivity index (χ1n) is 22.1. The minimum atomic E-state index is -1.62. The van der Waals surface area contributed by atoms with Crippen LogP contribution in [0.3, 0.4) is 0 Å². The molecule has 0 saturated carbocycles. The van der Waals surface area contributed by atoms with E-state index in [4.69, 9.17) is 33.0 Å². The van der Waals surface area contributed by atoms with Crippen LogP contribution in [0.5, 0.6) is 17.2 Å². The zero-order valence-corrected chi connectivity index (χ0v) is 39.4. The lowest BCUT2D eigenvalue weighted by Gasteiger charge is -2.38. The van der Waals surface area contributed by atoms with Gasteiger partial charge in [-0.05, 0) is 99.3 Å². The first-order valence-corrected chi connectivity index (χ1v) is 23.2. The van der Waals surface area contributed by atoms with Crippen LogP contribution in [0.1, 0.15) is 63.6 Å². The van der Waals surface area contributed by atoms with E-state index in [9.17, 15) is 10.1 Å². The van der Waals surface area contributed by atoms with Gasteiger partial charge >= 0.3 is 0 Å². The number of benzene rings is 3. The molecule has 1 N–H and O–H groups in total. The van der Waals surface area contributed by atoms with Crippen molar-refractivity contribution in [2.45, 2.75) is 70.7 Å². The van der Waals surface area contributed by atoms with Crippen molar-refractivity contribution in [3.63, 3.8) is 0 Å². The Bertz CT molecular complexity index is 2310. The molecule has 0 aliphatic heterocycles. The smallest absolute Gasteiger partial charge is 0.259 e. The molecule has 3 aromatic heterocycles. The molecule has 3 aromatic carbocycles. The maximum Gasteiger partial charge on any atom is 0.259 e. The molecule has 0 fully saturated rings. The van der Waals surface area contributed by atoms with Crippen molar-refractivity contribution < 1.29 is 32.8 Å². The zero-order valence-electron chi connectivity index (χ0n) is 38.5. The quantitative estimate of drug-likeness (QED) is 0.0331.